The molecule has 0 spiro atoms. The van der Waals surface area contributed by atoms with Crippen LogP contribution in [-0.4, -0.2) is 45.4 Å². The summed E-state index contributed by atoms with van der Waals surface area (Å²) < 4.78 is 27.6. The molecule has 6 nitrogen and oxygen atoms in total. The standard InChI is InChI=1S/C24H32ClN3O3S/c1-17-5-8-21(9-6-17)32(30,31)27-23-10-7-20(14-22(23)25)24(29)26-11-4-12-28-15-18(2)13-19(3)16-28/h5-10,14,18-19,27H,4,11-13,15-16H2,1-3H3,(H,26,29)/t18-,19+. The molecule has 0 aromatic heterocycles. The molecule has 1 amide bonds. The first-order valence-electron chi connectivity index (χ1n) is 11.0. The van der Waals surface area contributed by atoms with Crippen LogP contribution < -0.4 is 10.0 Å². The molecular weight excluding hydrogens is 446 g/mol. The SMILES string of the molecule is Cc1ccc(S(=O)(=O)Nc2ccc(C(=O)NCCCN3C[C@H](C)C[C@H](C)C3)cc2Cl)cc1. The quantitative estimate of drug-likeness (QED) is 0.547. The summed E-state index contributed by atoms with van der Waals surface area (Å²) in [7, 11) is -3.76. The highest BCUT2D eigenvalue weighted by atomic mass is 35.5. The molecule has 0 radical (unpaired) electrons. The third kappa shape index (κ3) is 6.70. The van der Waals surface area contributed by atoms with Crippen molar-refractivity contribution in [3.63, 3.8) is 0 Å². The summed E-state index contributed by atoms with van der Waals surface area (Å²) in [6.07, 6.45) is 2.17. The predicted octanol–water partition coefficient (Wildman–Crippen LogP) is 4.55. The van der Waals surface area contributed by atoms with Gasteiger partial charge >= 0.3 is 0 Å². The largest absolute Gasteiger partial charge is 0.352 e. The number of hydrogen-bond donors (Lipinski definition) is 2. The summed E-state index contributed by atoms with van der Waals surface area (Å²) in [6.45, 7) is 10.3. The highest BCUT2D eigenvalue weighted by Gasteiger charge is 2.21. The molecule has 1 aliphatic heterocycles. The Labute approximate surface area is 196 Å². The fraction of sp³-hybridized carbons (Fsp3) is 0.458. The highest BCUT2D eigenvalue weighted by molar-refractivity contribution is 7.92. The maximum Gasteiger partial charge on any atom is 0.261 e. The van der Waals surface area contributed by atoms with Gasteiger partial charge in [-0.05, 0) is 68.5 Å². The van der Waals surface area contributed by atoms with Gasteiger partial charge in [0.1, 0.15) is 0 Å². The van der Waals surface area contributed by atoms with E-state index in [1.165, 1.54) is 18.6 Å². The van der Waals surface area contributed by atoms with E-state index in [9.17, 15) is 13.2 Å². The first kappa shape index (κ1) is 24.6. The Morgan fingerprint density at radius 1 is 1.09 bits per heavy atom. The monoisotopic (exact) mass is 477 g/mol. The molecule has 0 bridgehead atoms. The molecule has 174 valence electrons. The van der Waals surface area contributed by atoms with Gasteiger partial charge in [-0.15, -0.1) is 0 Å². The maximum absolute atomic E-state index is 12.6. The molecule has 3 rings (SSSR count). The number of aryl methyl sites for hydroxylation is 1. The molecule has 1 saturated heterocycles. The van der Waals surface area contributed by atoms with Gasteiger partial charge in [0.2, 0.25) is 0 Å². The van der Waals surface area contributed by atoms with Crippen molar-refractivity contribution >= 4 is 33.2 Å². The van der Waals surface area contributed by atoms with E-state index in [2.05, 4.69) is 28.8 Å². The van der Waals surface area contributed by atoms with Crippen LogP contribution in [0.5, 0.6) is 0 Å². The number of carbonyl (C=O) groups excluding carboxylic acids is 1. The van der Waals surface area contributed by atoms with Crippen molar-refractivity contribution in [3.05, 3.63) is 58.6 Å². The summed E-state index contributed by atoms with van der Waals surface area (Å²) in [4.78, 5) is 15.1. The van der Waals surface area contributed by atoms with Gasteiger partial charge in [-0.1, -0.05) is 43.1 Å². The van der Waals surface area contributed by atoms with Gasteiger partial charge in [0.15, 0.2) is 0 Å². The lowest BCUT2D eigenvalue weighted by Gasteiger charge is -2.34. The summed E-state index contributed by atoms with van der Waals surface area (Å²) in [5.74, 6) is 1.22. The van der Waals surface area contributed by atoms with Gasteiger partial charge in [-0.2, -0.15) is 0 Å². The van der Waals surface area contributed by atoms with Crippen molar-refractivity contribution in [2.45, 2.75) is 38.5 Å². The number of rotatable bonds is 8. The smallest absolute Gasteiger partial charge is 0.261 e. The van der Waals surface area contributed by atoms with E-state index in [0.29, 0.717) is 12.1 Å². The summed E-state index contributed by atoms with van der Waals surface area (Å²) in [5.41, 5.74) is 1.60. The Bertz CT molecular complexity index is 1030. The predicted molar refractivity (Wildman–Crippen MR) is 130 cm³/mol. The average Bonchev–Trinajstić information content (AvgIpc) is 2.72. The Balaban J connectivity index is 1.52. The van der Waals surface area contributed by atoms with Crippen molar-refractivity contribution in [3.8, 4) is 0 Å². The van der Waals surface area contributed by atoms with Crippen molar-refractivity contribution in [1.82, 2.24) is 10.2 Å². The Kier molecular flexibility index (Phi) is 8.20. The van der Waals surface area contributed by atoms with Crippen LogP contribution >= 0.6 is 11.6 Å². The van der Waals surface area contributed by atoms with Crippen LogP contribution in [-0.2, 0) is 10.0 Å². The van der Waals surface area contributed by atoms with E-state index in [1.807, 2.05) is 6.92 Å². The molecular formula is C24H32ClN3O3S. The van der Waals surface area contributed by atoms with Crippen LogP contribution in [0.15, 0.2) is 47.4 Å². The van der Waals surface area contributed by atoms with E-state index in [1.54, 1.807) is 30.3 Å². The van der Waals surface area contributed by atoms with E-state index in [4.69, 9.17) is 11.6 Å². The van der Waals surface area contributed by atoms with Gasteiger partial charge in [0.05, 0.1) is 15.6 Å². The summed E-state index contributed by atoms with van der Waals surface area (Å²) in [5, 5.41) is 3.10. The zero-order chi connectivity index (χ0) is 23.3. The van der Waals surface area contributed by atoms with Crippen LogP contribution in [0, 0.1) is 18.8 Å². The average molecular weight is 478 g/mol. The first-order valence-corrected chi connectivity index (χ1v) is 12.9. The number of sulfonamides is 1. The maximum atomic E-state index is 12.6. The number of piperidine rings is 1. The lowest BCUT2D eigenvalue weighted by atomic mass is 9.92. The fourth-order valence-corrected chi connectivity index (χ4v) is 5.61. The summed E-state index contributed by atoms with van der Waals surface area (Å²) >= 11 is 6.27. The minimum atomic E-state index is -3.76. The van der Waals surface area contributed by atoms with Gasteiger partial charge < -0.3 is 10.2 Å². The molecule has 0 aliphatic carbocycles. The second-order valence-corrected chi connectivity index (χ2v) is 11.0. The van der Waals surface area contributed by atoms with E-state index >= 15 is 0 Å². The van der Waals surface area contributed by atoms with Crippen molar-refractivity contribution in [1.29, 1.82) is 0 Å². The minimum Gasteiger partial charge on any atom is -0.352 e. The molecule has 0 saturated carbocycles. The van der Waals surface area contributed by atoms with Crippen molar-refractivity contribution in [2.24, 2.45) is 11.8 Å². The van der Waals surface area contributed by atoms with Crippen LogP contribution in [0.3, 0.4) is 0 Å². The fourth-order valence-electron chi connectivity index (χ4n) is 4.24. The number of nitrogens with one attached hydrogen (secondary N) is 2. The summed E-state index contributed by atoms with van der Waals surface area (Å²) in [6, 6.07) is 11.1. The van der Waals surface area contributed by atoms with Gasteiger partial charge in [-0.25, -0.2) is 8.42 Å². The topological polar surface area (TPSA) is 78.5 Å². The molecule has 1 aliphatic rings. The number of hydrogen-bond acceptors (Lipinski definition) is 4. The number of likely N-dealkylation sites (tertiary alicyclic amines) is 1. The third-order valence-electron chi connectivity index (χ3n) is 5.69. The van der Waals surface area contributed by atoms with Gasteiger partial charge in [-0.3, -0.25) is 9.52 Å². The minimum absolute atomic E-state index is 0.151. The van der Waals surface area contributed by atoms with Crippen molar-refractivity contribution < 1.29 is 13.2 Å². The van der Waals surface area contributed by atoms with E-state index in [-0.39, 0.29) is 21.5 Å². The molecule has 1 fully saturated rings. The second kappa shape index (κ2) is 10.7. The first-order chi connectivity index (χ1) is 15.1. The lowest BCUT2D eigenvalue weighted by Crippen LogP contribution is -2.40. The Hall–Kier alpha value is -2.09. The Morgan fingerprint density at radius 3 is 2.38 bits per heavy atom. The van der Waals surface area contributed by atoms with Crippen LogP contribution in [0.25, 0.3) is 0 Å². The van der Waals surface area contributed by atoms with Crippen LogP contribution in [0.2, 0.25) is 5.02 Å². The number of carbonyl (C=O) groups is 1. The van der Waals surface area contributed by atoms with Crippen molar-refractivity contribution in [2.75, 3.05) is 30.9 Å². The molecule has 32 heavy (non-hydrogen) atoms. The molecule has 0 unspecified atom stereocenters. The van der Waals surface area contributed by atoms with Crippen LogP contribution in [0.1, 0.15) is 42.6 Å². The molecule has 2 aromatic rings. The number of nitrogens with zero attached hydrogens (tertiary/aromatic N) is 1. The van der Waals surface area contributed by atoms with E-state index < -0.39 is 10.0 Å². The van der Waals surface area contributed by atoms with E-state index in [0.717, 1.165) is 43.5 Å². The molecule has 2 atom stereocenters. The van der Waals surface area contributed by atoms with Crippen LogP contribution in [0.4, 0.5) is 5.69 Å². The Morgan fingerprint density at radius 2 is 1.75 bits per heavy atom. The second-order valence-electron chi connectivity index (χ2n) is 8.93. The number of halogens is 1. The zero-order valence-corrected chi connectivity index (χ0v) is 20.5. The highest BCUT2D eigenvalue weighted by Crippen LogP contribution is 2.26. The molecule has 1 heterocycles. The number of anilines is 1. The van der Waals surface area contributed by atoms with Gasteiger partial charge in [0, 0.05) is 25.2 Å². The molecule has 2 N–H and O–H groups in total. The third-order valence-corrected chi connectivity index (χ3v) is 7.38. The number of amides is 1. The lowest BCUT2D eigenvalue weighted by molar-refractivity contribution is 0.0947. The van der Waals surface area contributed by atoms with Gasteiger partial charge in [0.25, 0.3) is 15.9 Å². The molecule has 2 aromatic carbocycles. The molecule has 8 heteroatoms. The number of benzene rings is 2. The normalized spacial score (nSPS) is 19.5. The zero-order valence-electron chi connectivity index (χ0n) is 18.9.